The van der Waals surface area contributed by atoms with Crippen molar-refractivity contribution in [2.75, 3.05) is 40.5 Å². The Bertz CT molecular complexity index is 1750. The van der Waals surface area contributed by atoms with Crippen LogP contribution in [0.4, 0.5) is 0 Å². The van der Waals surface area contributed by atoms with Gasteiger partial charge in [-0.05, 0) is 120 Å². The van der Waals surface area contributed by atoms with Crippen LogP contribution >= 0.6 is 0 Å². The number of epoxide rings is 1. The largest absolute Gasteiger partial charge is 0.463 e. The number of likely N-dealkylation sites (N-methyl/N-ethyl adjacent to an activating group) is 1. The summed E-state index contributed by atoms with van der Waals surface area (Å²) in [4.78, 5) is 49.3. The molecule has 2 aliphatic heterocycles. The molecule has 7 rings (SSSR count). The standard InChI is InChI=1S/C47H71N7O5/c1-6-51-37-25-32-14-9-8-13-31(32)24-35(37)28-58-43(57)47-42(56)40-34(27-45(3)19-10-7-11-20-45)15-12-16-36(40)41(55)46(47,59-47)21-17-30(2)23-38(54-44(48)50-5)33-18-22-52-39(26-33)53-29-49-4/h7,9-11,14,17,19,25,31,33-40,49,51-53H,6,8,12-13,15-16,18,20-24,26-29H2,1-5H3,(H3,48,50,54). The Morgan fingerprint density at radius 2 is 1.97 bits per heavy atom. The van der Waals surface area contributed by atoms with E-state index in [1.54, 1.807) is 7.05 Å². The van der Waals surface area contributed by atoms with E-state index in [2.05, 4.69) is 94.9 Å². The van der Waals surface area contributed by atoms with Crippen LogP contribution in [0.2, 0.25) is 0 Å². The van der Waals surface area contributed by atoms with Crippen molar-refractivity contribution in [2.24, 2.45) is 51.6 Å². The number of nitrogens with two attached hydrogens (primary N) is 1. The van der Waals surface area contributed by atoms with Crippen LogP contribution in [-0.4, -0.2) is 93.4 Å². The van der Waals surface area contributed by atoms with Crippen LogP contribution in [0.1, 0.15) is 97.8 Å². The molecule has 0 aromatic rings. The summed E-state index contributed by atoms with van der Waals surface area (Å²) in [7, 11) is 3.60. The van der Waals surface area contributed by atoms with E-state index in [-0.39, 0.29) is 60.1 Å². The molecule has 7 N–H and O–H groups in total. The topological polar surface area (TPSA) is 171 Å². The lowest BCUT2D eigenvalue weighted by atomic mass is 9.55. The van der Waals surface area contributed by atoms with Crippen LogP contribution in [0.3, 0.4) is 0 Å². The van der Waals surface area contributed by atoms with Gasteiger partial charge in [0.2, 0.25) is 0 Å². The van der Waals surface area contributed by atoms with E-state index in [1.165, 1.54) is 5.57 Å². The van der Waals surface area contributed by atoms with Crippen molar-refractivity contribution in [3.8, 4) is 0 Å². The second-order valence-corrected chi connectivity index (χ2v) is 18.9. The first kappa shape index (κ1) is 43.7. The highest BCUT2D eigenvalue weighted by Gasteiger charge is 2.87. The van der Waals surface area contributed by atoms with Gasteiger partial charge in [0, 0.05) is 50.0 Å². The van der Waals surface area contributed by atoms with Crippen molar-refractivity contribution in [3.63, 3.8) is 0 Å². The number of nitrogens with one attached hydrogen (secondary N) is 5. The second-order valence-electron chi connectivity index (χ2n) is 18.9. The number of carbonyl (C=O) groups excluding carboxylic acids is 3. The van der Waals surface area contributed by atoms with E-state index < -0.39 is 29.0 Å². The Morgan fingerprint density at radius 1 is 1.12 bits per heavy atom. The summed E-state index contributed by atoms with van der Waals surface area (Å²) in [5.74, 6) is -0.949. The third-order valence-corrected chi connectivity index (χ3v) is 14.8. The van der Waals surface area contributed by atoms with Gasteiger partial charge in [-0.2, -0.15) is 0 Å². The number of guanidine groups is 1. The smallest absolute Gasteiger partial charge is 0.350 e. The molecule has 12 nitrogen and oxygen atoms in total. The fourth-order valence-electron chi connectivity index (χ4n) is 11.6. The molecule has 2 saturated heterocycles. The van der Waals surface area contributed by atoms with Crippen LogP contribution in [0.5, 0.6) is 0 Å². The maximum absolute atomic E-state index is 15.3. The number of allylic oxidation sites excluding steroid dienone is 7. The van der Waals surface area contributed by atoms with E-state index in [1.807, 2.05) is 13.1 Å². The zero-order chi connectivity index (χ0) is 41.8. The van der Waals surface area contributed by atoms with Crippen LogP contribution in [0.15, 0.2) is 64.7 Å². The zero-order valence-corrected chi connectivity index (χ0v) is 36.2. The van der Waals surface area contributed by atoms with E-state index in [4.69, 9.17) is 15.2 Å². The Labute approximate surface area is 352 Å². The van der Waals surface area contributed by atoms with E-state index in [0.717, 1.165) is 76.5 Å². The summed E-state index contributed by atoms with van der Waals surface area (Å²) in [6, 6.07) is 0.0430. The molecular formula is C47H71N7O5. The van der Waals surface area contributed by atoms with Gasteiger partial charge >= 0.3 is 5.97 Å². The minimum Gasteiger partial charge on any atom is -0.463 e. The molecule has 2 heterocycles. The quantitative estimate of drug-likeness (QED) is 0.0242. The summed E-state index contributed by atoms with van der Waals surface area (Å²) >= 11 is 0. The van der Waals surface area contributed by atoms with Gasteiger partial charge in [-0.15, -0.1) is 0 Å². The fourth-order valence-corrected chi connectivity index (χ4v) is 11.6. The lowest BCUT2D eigenvalue weighted by molar-refractivity contribution is -0.161. The third kappa shape index (κ3) is 8.99. The van der Waals surface area contributed by atoms with Gasteiger partial charge in [0.05, 0.1) is 12.8 Å². The van der Waals surface area contributed by atoms with Crippen LogP contribution in [-0.2, 0) is 23.9 Å². The van der Waals surface area contributed by atoms with Crippen molar-refractivity contribution in [1.29, 1.82) is 0 Å². The fraction of sp³-hybridized carbons (Fsp3) is 0.702. The van der Waals surface area contributed by atoms with E-state index in [0.29, 0.717) is 37.3 Å². The highest BCUT2D eigenvalue weighted by Crippen LogP contribution is 2.63. The Hall–Kier alpha value is -3.42. The maximum Gasteiger partial charge on any atom is 0.350 e. The summed E-state index contributed by atoms with van der Waals surface area (Å²) in [5, 5.41) is 17.3. The molecule has 0 bridgehead atoms. The van der Waals surface area contributed by atoms with Crippen molar-refractivity contribution >= 4 is 23.5 Å². The van der Waals surface area contributed by atoms with Crippen LogP contribution in [0.25, 0.3) is 0 Å². The van der Waals surface area contributed by atoms with Crippen molar-refractivity contribution in [3.05, 3.63) is 59.8 Å². The average molecular weight is 814 g/mol. The summed E-state index contributed by atoms with van der Waals surface area (Å²) < 4.78 is 12.8. The van der Waals surface area contributed by atoms with Gasteiger partial charge in [0.25, 0.3) is 5.60 Å². The molecule has 12 unspecified atom stereocenters. The van der Waals surface area contributed by atoms with Crippen molar-refractivity contribution in [1.82, 2.24) is 26.6 Å². The monoisotopic (exact) mass is 814 g/mol. The molecule has 2 saturated carbocycles. The lowest BCUT2D eigenvalue weighted by Gasteiger charge is -2.44. The summed E-state index contributed by atoms with van der Waals surface area (Å²) in [6.45, 7) is 8.90. The van der Waals surface area contributed by atoms with E-state index >= 15 is 9.59 Å². The van der Waals surface area contributed by atoms with Crippen LogP contribution in [0, 0.1) is 40.9 Å². The Balaban J connectivity index is 1.15. The number of hydrogen-bond acceptors (Lipinski definition) is 10. The average Bonchev–Trinajstić information content (AvgIpc) is 3.95. The van der Waals surface area contributed by atoms with Gasteiger partial charge < -0.3 is 36.5 Å². The molecule has 0 aromatic carbocycles. The van der Waals surface area contributed by atoms with E-state index in [9.17, 15) is 4.79 Å². The molecule has 12 atom stereocenters. The molecule has 59 heavy (non-hydrogen) atoms. The third-order valence-electron chi connectivity index (χ3n) is 14.8. The number of nitrogens with zero attached hydrogens (tertiary/aromatic N) is 1. The Kier molecular flexibility index (Phi) is 13.8. The first-order valence-corrected chi connectivity index (χ1v) is 22.6. The number of carbonyl (C=O) groups is 3. The van der Waals surface area contributed by atoms with Gasteiger partial charge in [-0.3, -0.25) is 19.9 Å². The number of piperidine rings is 1. The number of esters is 1. The molecule has 0 radical (unpaired) electrons. The number of aliphatic imine (C=N–C) groups is 1. The lowest BCUT2D eigenvalue weighted by Crippen LogP contribution is -2.60. The summed E-state index contributed by atoms with van der Waals surface area (Å²) in [6.07, 6.45) is 27.2. The molecule has 5 aliphatic carbocycles. The number of hydrogen-bond donors (Lipinski definition) is 6. The first-order chi connectivity index (χ1) is 28.5. The molecule has 7 aliphatic rings. The Morgan fingerprint density at radius 3 is 2.73 bits per heavy atom. The molecular weight excluding hydrogens is 743 g/mol. The molecule has 4 fully saturated rings. The van der Waals surface area contributed by atoms with Gasteiger partial charge in [-0.1, -0.05) is 74.4 Å². The SMILES string of the molecule is CCNC1C=C2C=CCCC2CC1COC(=O)C12OC1(CC=C(C)CC(NC(N)=NC)C1CCNC(NCNC)C1)C(=O)C1CCCC(CC3(C)C=CC=CC3)C1C2=O. The van der Waals surface area contributed by atoms with Crippen molar-refractivity contribution < 1.29 is 23.9 Å². The highest BCUT2D eigenvalue weighted by atomic mass is 16.7. The predicted molar refractivity (Wildman–Crippen MR) is 232 cm³/mol. The minimum absolute atomic E-state index is 0.00473. The molecule has 324 valence electrons. The number of rotatable bonds is 16. The van der Waals surface area contributed by atoms with Gasteiger partial charge in [-0.25, -0.2) is 4.79 Å². The highest BCUT2D eigenvalue weighted by molar-refractivity contribution is 6.23. The molecule has 12 heteroatoms. The zero-order valence-electron chi connectivity index (χ0n) is 36.2. The predicted octanol–water partition coefficient (Wildman–Crippen LogP) is 4.75. The van der Waals surface area contributed by atoms with Gasteiger partial charge in [0.1, 0.15) is 0 Å². The minimum atomic E-state index is -1.93. The van der Waals surface area contributed by atoms with Gasteiger partial charge in [0.15, 0.2) is 23.1 Å². The normalized spacial score (nSPS) is 38.5. The second kappa shape index (κ2) is 18.7. The maximum atomic E-state index is 15.3. The molecule has 0 aromatic heterocycles. The number of ketones is 2. The molecule has 0 amide bonds. The number of fused-ring (bicyclic) bond motifs is 3. The van der Waals surface area contributed by atoms with Crippen molar-refractivity contribution in [2.45, 2.75) is 127 Å². The first-order valence-electron chi connectivity index (χ1n) is 22.6. The molecule has 0 spiro atoms. The number of ether oxygens (including phenoxy) is 2. The van der Waals surface area contributed by atoms with Crippen LogP contribution < -0.4 is 32.3 Å². The number of Topliss-reactive ketones (excluding diaryl/α,β-unsaturated/α-hetero) is 2. The summed E-state index contributed by atoms with van der Waals surface area (Å²) in [5.41, 5.74) is 5.02.